The topological polar surface area (TPSA) is 103 Å². The predicted octanol–water partition coefficient (Wildman–Crippen LogP) is 4.78. The summed E-state index contributed by atoms with van der Waals surface area (Å²) in [6, 6.07) is 26.2. The first kappa shape index (κ1) is 20.3. The lowest BCUT2D eigenvalue weighted by Crippen LogP contribution is -2.13. The molecule has 0 radical (unpaired) electrons. The number of rotatable bonds is 6. The molecule has 0 atom stereocenters. The van der Waals surface area contributed by atoms with Gasteiger partial charge < -0.3 is 20.6 Å². The lowest BCUT2D eigenvalue weighted by atomic mass is 10.2. The van der Waals surface area contributed by atoms with Gasteiger partial charge in [-0.2, -0.15) is 0 Å². The Morgan fingerprint density at radius 2 is 1.61 bits per heavy atom. The number of nitrogens with zero attached hydrogens (tertiary/aromatic N) is 1. The molecule has 0 spiro atoms. The maximum atomic E-state index is 12.8. The van der Waals surface area contributed by atoms with E-state index < -0.39 is 0 Å². The van der Waals surface area contributed by atoms with Gasteiger partial charge in [0, 0.05) is 18.3 Å². The number of aromatic amines is 2. The zero-order valence-corrected chi connectivity index (χ0v) is 17.6. The van der Waals surface area contributed by atoms with Gasteiger partial charge in [0.25, 0.3) is 11.5 Å². The van der Waals surface area contributed by atoms with E-state index in [2.05, 4.69) is 25.6 Å². The van der Waals surface area contributed by atoms with Crippen molar-refractivity contribution in [3.63, 3.8) is 0 Å². The summed E-state index contributed by atoms with van der Waals surface area (Å²) >= 11 is 0. The van der Waals surface area contributed by atoms with Gasteiger partial charge in [-0.25, -0.2) is 4.98 Å². The highest BCUT2D eigenvalue weighted by Crippen LogP contribution is 2.28. The van der Waals surface area contributed by atoms with Crippen LogP contribution in [0.5, 0.6) is 0 Å². The number of hydrogen-bond acceptors (Lipinski definition) is 4. The molecule has 5 aromatic rings. The fourth-order valence-electron chi connectivity index (χ4n) is 3.69. The Labute approximate surface area is 189 Å². The highest BCUT2D eigenvalue weighted by atomic mass is 16.1. The molecule has 0 fully saturated rings. The first-order chi connectivity index (χ1) is 16.2. The summed E-state index contributed by atoms with van der Waals surface area (Å²) in [5.74, 6) is 0.194. The number of aromatic nitrogens is 3. The van der Waals surface area contributed by atoms with Crippen LogP contribution in [0.3, 0.4) is 0 Å². The van der Waals surface area contributed by atoms with Crippen LogP contribution in [0, 0.1) is 0 Å². The number of benzene rings is 3. The van der Waals surface area contributed by atoms with Gasteiger partial charge in [-0.1, -0.05) is 54.6 Å². The number of anilines is 2. The number of H-pyrrole nitrogens is 2. The molecule has 1 amide bonds. The molecule has 0 saturated carbocycles. The quantitative estimate of drug-likeness (QED) is 0.308. The lowest BCUT2D eigenvalue weighted by molar-refractivity contribution is 0.102. The lowest BCUT2D eigenvalue weighted by Gasteiger charge is -2.10. The summed E-state index contributed by atoms with van der Waals surface area (Å²) in [6.07, 6.45) is 1.60. The highest BCUT2D eigenvalue weighted by molar-refractivity contribution is 6.08. The van der Waals surface area contributed by atoms with Crippen molar-refractivity contribution in [2.24, 2.45) is 0 Å². The average Bonchev–Trinajstić information content (AvgIpc) is 3.29. The van der Waals surface area contributed by atoms with Gasteiger partial charge >= 0.3 is 0 Å². The van der Waals surface area contributed by atoms with Gasteiger partial charge in [-0.05, 0) is 35.9 Å². The molecule has 5 rings (SSSR count). The highest BCUT2D eigenvalue weighted by Gasteiger charge is 2.17. The van der Waals surface area contributed by atoms with E-state index in [1.54, 1.807) is 24.4 Å². The van der Waals surface area contributed by atoms with E-state index in [0.717, 1.165) is 5.56 Å². The molecule has 2 heterocycles. The van der Waals surface area contributed by atoms with Gasteiger partial charge in [-0.15, -0.1) is 0 Å². The molecule has 7 heteroatoms. The van der Waals surface area contributed by atoms with Crippen molar-refractivity contribution in [2.75, 3.05) is 10.6 Å². The number of imidazole rings is 1. The van der Waals surface area contributed by atoms with Crippen molar-refractivity contribution in [2.45, 2.75) is 6.54 Å². The van der Waals surface area contributed by atoms with E-state index in [1.165, 1.54) is 0 Å². The zero-order chi connectivity index (χ0) is 22.6. The first-order valence-corrected chi connectivity index (χ1v) is 10.5. The minimum absolute atomic E-state index is 0.226. The van der Waals surface area contributed by atoms with E-state index in [9.17, 15) is 9.59 Å². The Balaban J connectivity index is 1.49. The van der Waals surface area contributed by atoms with Crippen LogP contribution in [0.1, 0.15) is 15.9 Å². The SMILES string of the molecule is O=C(Nc1cccc2[nH]c(-c3c(NCc4ccccc4)cc[nH]c3=O)nc12)c1ccccc1. The zero-order valence-electron chi connectivity index (χ0n) is 17.6. The summed E-state index contributed by atoms with van der Waals surface area (Å²) in [6.45, 7) is 0.565. The van der Waals surface area contributed by atoms with Gasteiger partial charge in [0.05, 0.1) is 16.9 Å². The van der Waals surface area contributed by atoms with E-state index in [1.807, 2.05) is 66.7 Å². The molecule has 0 aliphatic carbocycles. The third-order valence-electron chi connectivity index (χ3n) is 5.32. The molecule has 0 unspecified atom stereocenters. The normalized spacial score (nSPS) is 10.8. The third-order valence-corrected chi connectivity index (χ3v) is 5.32. The van der Waals surface area contributed by atoms with Crippen molar-refractivity contribution >= 4 is 28.3 Å². The van der Waals surface area contributed by atoms with Crippen molar-refractivity contribution in [1.29, 1.82) is 0 Å². The molecular weight excluding hydrogens is 414 g/mol. The van der Waals surface area contributed by atoms with Crippen LogP contribution in [-0.2, 0) is 6.54 Å². The van der Waals surface area contributed by atoms with Crippen molar-refractivity contribution in [3.05, 3.63) is 113 Å². The summed E-state index contributed by atoms with van der Waals surface area (Å²) in [4.78, 5) is 36.0. The molecule has 3 aromatic carbocycles. The second-order valence-corrected chi connectivity index (χ2v) is 7.54. The van der Waals surface area contributed by atoms with Crippen molar-refractivity contribution in [3.8, 4) is 11.4 Å². The first-order valence-electron chi connectivity index (χ1n) is 10.5. The number of nitrogens with one attached hydrogen (secondary N) is 4. The van der Waals surface area contributed by atoms with Gasteiger partial charge in [0.1, 0.15) is 16.9 Å². The maximum Gasteiger partial charge on any atom is 0.261 e. The number of fused-ring (bicyclic) bond motifs is 1. The van der Waals surface area contributed by atoms with Gasteiger partial charge in [0.15, 0.2) is 0 Å². The molecule has 0 bridgehead atoms. The Bertz CT molecular complexity index is 1470. The van der Waals surface area contributed by atoms with Crippen LogP contribution in [0.4, 0.5) is 11.4 Å². The van der Waals surface area contributed by atoms with Crippen LogP contribution in [-0.4, -0.2) is 20.9 Å². The fraction of sp³-hybridized carbons (Fsp3) is 0.0385. The monoisotopic (exact) mass is 435 g/mol. The average molecular weight is 435 g/mol. The smallest absolute Gasteiger partial charge is 0.261 e. The van der Waals surface area contributed by atoms with Crippen LogP contribution in [0.25, 0.3) is 22.4 Å². The number of amides is 1. The number of hydrogen-bond donors (Lipinski definition) is 4. The molecule has 2 aromatic heterocycles. The Kier molecular flexibility index (Phi) is 5.43. The molecule has 162 valence electrons. The fourth-order valence-corrected chi connectivity index (χ4v) is 3.69. The standard InChI is InChI=1S/C26H21N5O2/c32-25(18-10-5-2-6-11-18)30-21-13-7-12-20-23(21)31-24(29-20)22-19(14-15-27-26(22)33)28-16-17-8-3-1-4-9-17/h1-15H,16H2,(H,29,31)(H,30,32)(H2,27,28,33). The van der Waals surface area contributed by atoms with E-state index in [4.69, 9.17) is 0 Å². The maximum absolute atomic E-state index is 12.8. The van der Waals surface area contributed by atoms with E-state index in [0.29, 0.717) is 45.9 Å². The number of carbonyl (C=O) groups excluding carboxylic acids is 1. The van der Waals surface area contributed by atoms with Crippen LogP contribution in [0.15, 0.2) is 95.9 Å². The molecule has 0 aliphatic rings. The molecule has 33 heavy (non-hydrogen) atoms. The Morgan fingerprint density at radius 1 is 0.848 bits per heavy atom. The van der Waals surface area contributed by atoms with Crippen molar-refractivity contribution in [1.82, 2.24) is 15.0 Å². The van der Waals surface area contributed by atoms with Gasteiger partial charge in [-0.3, -0.25) is 9.59 Å². The van der Waals surface area contributed by atoms with Crippen molar-refractivity contribution < 1.29 is 4.79 Å². The van der Waals surface area contributed by atoms with Crippen LogP contribution < -0.4 is 16.2 Å². The minimum atomic E-state index is -0.262. The second-order valence-electron chi connectivity index (χ2n) is 7.54. The van der Waals surface area contributed by atoms with Crippen LogP contribution >= 0.6 is 0 Å². The van der Waals surface area contributed by atoms with Crippen LogP contribution in [0.2, 0.25) is 0 Å². The van der Waals surface area contributed by atoms with E-state index in [-0.39, 0.29) is 11.5 Å². The third kappa shape index (κ3) is 4.24. The number of carbonyl (C=O) groups is 1. The van der Waals surface area contributed by atoms with E-state index >= 15 is 0 Å². The predicted molar refractivity (Wildman–Crippen MR) is 130 cm³/mol. The molecule has 0 aliphatic heterocycles. The minimum Gasteiger partial charge on any atom is -0.380 e. The Hall–Kier alpha value is -4.65. The second kappa shape index (κ2) is 8.84. The van der Waals surface area contributed by atoms with Gasteiger partial charge in [0.2, 0.25) is 0 Å². The number of para-hydroxylation sites is 1. The molecule has 4 N–H and O–H groups in total. The number of pyridine rings is 1. The summed E-state index contributed by atoms with van der Waals surface area (Å²) in [5, 5.41) is 6.25. The summed E-state index contributed by atoms with van der Waals surface area (Å²) in [7, 11) is 0. The molecule has 7 nitrogen and oxygen atoms in total. The molecule has 0 saturated heterocycles. The molecular formula is C26H21N5O2. The largest absolute Gasteiger partial charge is 0.380 e. The Morgan fingerprint density at radius 3 is 2.39 bits per heavy atom. The summed E-state index contributed by atoms with van der Waals surface area (Å²) in [5.41, 5.74) is 4.32. The summed E-state index contributed by atoms with van der Waals surface area (Å²) < 4.78 is 0.